The second-order valence-corrected chi connectivity index (χ2v) is 3.53. The molecule has 0 bridgehead atoms. The lowest BCUT2D eigenvalue weighted by molar-refractivity contribution is 0.190. The summed E-state index contributed by atoms with van der Waals surface area (Å²) in [6, 6.07) is 6.98. The normalized spacial score (nSPS) is 11.1. The van der Waals surface area contributed by atoms with Gasteiger partial charge in [0.1, 0.15) is 5.82 Å². The van der Waals surface area contributed by atoms with Crippen molar-refractivity contribution in [3.8, 4) is 0 Å². The minimum Gasteiger partial charge on any atom is -0.385 e. The molecule has 2 rings (SSSR count). The summed E-state index contributed by atoms with van der Waals surface area (Å²) in [5, 5.41) is 0.690. The molecule has 0 atom stereocenters. The van der Waals surface area contributed by atoms with Gasteiger partial charge >= 0.3 is 0 Å². The van der Waals surface area contributed by atoms with E-state index in [4.69, 9.17) is 4.74 Å². The molecule has 2 nitrogen and oxygen atoms in total. The zero-order chi connectivity index (χ0) is 10.7. The number of halogens is 1. The van der Waals surface area contributed by atoms with Gasteiger partial charge in [-0.05, 0) is 24.6 Å². The molecule has 0 unspecified atom stereocenters. The minimum absolute atomic E-state index is 0.155. The average molecular weight is 207 g/mol. The maximum atomic E-state index is 13.3. The number of aryl methyl sites for hydroxylation is 1. The third-order valence-electron chi connectivity index (χ3n) is 2.51. The molecule has 0 aliphatic carbocycles. The molecule has 1 aromatic carbocycles. The third kappa shape index (κ3) is 2.02. The molecule has 0 radical (unpaired) electrons. The van der Waals surface area contributed by atoms with E-state index in [0.717, 1.165) is 25.1 Å². The Labute approximate surface area is 88.3 Å². The van der Waals surface area contributed by atoms with Gasteiger partial charge in [0.25, 0.3) is 0 Å². The van der Waals surface area contributed by atoms with Crippen molar-refractivity contribution in [2.24, 2.45) is 0 Å². The predicted octanol–water partition coefficient (Wildman–Crippen LogP) is 2.82. The molecule has 0 saturated heterocycles. The Morgan fingerprint density at radius 1 is 1.33 bits per heavy atom. The quantitative estimate of drug-likeness (QED) is 0.703. The van der Waals surface area contributed by atoms with Gasteiger partial charge in [-0.1, -0.05) is 6.07 Å². The van der Waals surface area contributed by atoms with Crippen molar-refractivity contribution in [1.82, 2.24) is 4.57 Å². The first-order valence-electron chi connectivity index (χ1n) is 5.05. The van der Waals surface area contributed by atoms with Gasteiger partial charge < -0.3 is 9.30 Å². The summed E-state index contributed by atoms with van der Waals surface area (Å²) in [7, 11) is 1.69. The molecule has 1 heterocycles. The first kappa shape index (κ1) is 10.2. The highest BCUT2D eigenvalue weighted by Gasteiger charge is 2.04. The lowest BCUT2D eigenvalue weighted by Crippen LogP contribution is -1.99. The van der Waals surface area contributed by atoms with Crippen molar-refractivity contribution in [3.63, 3.8) is 0 Å². The van der Waals surface area contributed by atoms with Crippen molar-refractivity contribution < 1.29 is 9.13 Å². The second kappa shape index (κ2) is 4.45. The zero-order valence-electron chi connectivity index (χ0n) is 8.74. The van der Waals surface area contributed by atoms with E-state index in [9.17, 15) is 4.39 Å². The molecule has 0 saturated carbocycles. The van der Waals surface area contributed by atoms with Gasteiger partial charge in [-0.25, -0.2) is 4.39 Å². The predicted molar refractivity (Wildman–Crippen MR) is 58.4 cm³/mol. The molecule has 0 N–H and O–H groups in total. The van der Waals surface area contributed by atoms with Gasteiger partial charge in [-0.15, -0.1) is 0 Å². The Balaban J connectivity index is 2.25. The zero-order valence-corrected chi connectivity index (χ0v) is 8.74. The summed E-state index contributed by atoms with van der Waals surface area (Å²) in [5.41, 5.74) is 0.950. The molecule has 80 valence electrons. The number of fused-ring (bicyclic) bond motifs is 1. The highest BCUT2D eigenvalue weighted by atomic mass is 19.1. The standard InChI is InChI=1S/C12H14FNO/c1-15-9-3-7-14-8-6-10-11(13)4-2-5-12(10)14/h2,4-6,8H,3,7,9H2,1H3. The lowest BCUT2D eigenvalue weighted by Gasteiger charge is -2.04. The number of aromatic nitrogens is 1. The first-order chi connectivity index (χ1) is 7.33. The average Bonchev–Trinajstić information content (AvgIpc) is 2.64. The fraction of sp³-hybridized carbons (Fsp3) is 0.333. The molecule has 0 fully saturated rings. The molecule has 2 aromatic rings. The Morgan fingerprint density at radius 3 is 3.00 bits per heavy atom. The van der Waals surface area contributed by atoms with E-state index >= 15 is 0 Å². The van der Waals surface area contributed by atoms with E-state index in [0.29, 0.717) is 5.39 Å². The Morgan fingerprint density at radius 2 is 2.20 bits per heavy atom. The van der Waals surface area contributed by atoms with Gasteiger partial charge in [0.2, 0.25) is 0 Å². The van der Waals surface area contributed by atoms with E-state index in [1.54, 1.807) is 13.2 Å². The number of benzene rings is 1. The van der Waals surface area contributed by atoms with E-state index < -0.39 is 0 Å². The number of nitrogens with zero attached hydrogens (tertiary/aromatic N) is 1. The molecular formula is C12H14FNO. The van der Waals surface area contributed by atoms with Crippen LogP contribution in [0.15, 0.2) is 30.5 Å². The van der Waals surface area contributed by atoms with Crippen LogP contribution in [-0.2, 0) is 11.3 Å². The van der Waals surface area contributed by atoms with Crippen LogP contribution in [0, 0.1) is 5.82 Å². The second-order valence-electron chi connectivity index (χ2n) is 3.53. The van der Waals surface area contributed by atoms with E-state index in [1.165, 1.54) is 6.07 Å². The summed E-state index contributed by atoms with van der Waals surface area (Å²) in [6.45, 7) is 1.59. The van der Waals surface area contributed by atoms with E-state index in [1.807, 2.05) is 18.3 Å². The van der Waals surface area contributed by atoms with Gasteiger partial charge in [0.15, 0.2) is 0 Å². The largest absolute Gasteiger partial charge is 0.385 e. The number of hydrogen-bond donors (Lipinski definition) is 0. The number of methoxy groups -OCH3 is 1. The maximum Gasteiger partial charge on any atom is 0.132 e. The van der Waals surface area contributed by atoms with Crippen LogP contribution in [0.5, 0.6) is 0 Å². The monoisotopic (exact) mass is 207 g/mol. The summed E-state index contributed by atoms with van der Waals surface area (Å²) in [5.74, 6) is -0.155. The van der Waals surface area contributed by atoms with Crippen LogP contribution in [-0.4, -0.2) is 18.3 Å². The highest BCUT2D eigenvalue weighted by molar-refractivity contribution is 5.80. The van der Waals surface area contributed by atoms with Gasteiger partial charge in [-0.3, -0.25) is 0 Å². The fourth-order valence-corrected chi connectivity index (χ4v) is 1.76. The molecule has 0 spiro atoms. The molecule has 15 heavy (non-hydrogen) atoms. The van der Waals surface area contributed by atoms with Crippen LogP contribution in [0.4, 0.5) is 4.39 Å². The Kier molecular flexibility index (Phi) is 3.02. The van der Waals surface area contributed by atoms with Crippen molar-refractivity contribution in [2.75, 3.05) is 13.7 Å². The van der Waals surface area contributed by atoms with E-state index in [-0.39, 0.29) is 5.82 Å². The number of ether oxygens (including phenoxy) is 1. The third-order valence-corrected chi connectivity index (χ3v) is 2.51. The van der Waals surface area contributed by atoms with Crippen molar-refractivity contribution in [2.45, 2.75) is 13.0 Å². The van der Waals surface area contributed by atoms with Crippen LogP contribution >= 0.6 is 0 Å². The van der Waals surface area contributed by atoms with Crippen LogP contribution in [0.2, 0.25) is 0 Å². The van der Waals surface area contributed by atoms with Gasteiger partial charge in [-0.2, -0.15) is 0 Å². The smallest absolute Gasteiger partial charge is 0.132 e. The topological polar surface area (TPSA) is 14.2 Å². The fourth-order valence-electron chi connectivity index (χ4n) is 1.76. The van der Waals surface area contributed by atoms with Crippen molar-refractivity contribution in [3.05, 3.63) is 36.3 Å². The maximum absolute atomic E-state index is 13.3. The molecule has 1 aromatic heterocycles. The Bertz CT molecular complexity index is 450. The molecule has 0 amide bonds. The Hall–Kier alpha value is -1.35. The van der Waals surface area contributed by atoms with Crippen LogP contribution < -0.4 is 0 Å². The summed E-state index contributed by atoms with van der Waals surface area (Å²) < 4.78 is 20.4. The van der Waals surface area contributed by atoms with Gasteiger partial charge in [0.05, 0.1) is 5.52 Å². The van der Waals surface area contributed by atoms with Gasteiger partial charge in [0, 0.05) is 31.8 Å². The van der Waals surface area contributed by atoms with Crippen molar-refractivity contribution >= 4 is 10.9 Å². The van der Waals surface area contributed by atoms with Crippen molar-refractivity contribution in [1.29, 1.82) is 0 Å². The number of hydrogen-bond acceptors (Lipinski definition) is 1. The highest BCUT2D eigenvalue weighted by Crippen LogP contribution is 2.19. The molecule has 0 aliphatic rings. The van der Waals surface area contributed by atoms with Crippen LogP contribution in [0.1, 0.15) is 6.42 Å². The first-order valence-corrected chi connectivity index (χ1v) is 5.05. The molecule has 0 aliphatic heterocycles. The summed E-state index contributed by atoms with van der Waals surface area (Å²) in [4.78, 5) is 0. The molecule has 3 heteroatoms. The van der Waals surface area contributed by atoms with Crippen LogP contribution in [0.3, 0.4) is 0 Å². The number of rotatable bonds is 4. The van der Waals surface area contributed by atoms with E-state index in [2.05, 4.69) is 4.57 Å². The SMILES string of the molecule is COCCCn1ccc2c(F)cccc21. The summed E-state index contributed by atoms with van der Waals surface area (Å²) in [6.07, 6.45) is 2.86. The molecular weight excluding hydrogens is 193 g/mol. The summed E-state index contributed by atoms with van der Waals surface area (Å²) >= 11 is 0. The van der Waals surface area contributed by atoms with Crippen LogP contribution in [0.25, 0.3) is 10.9 Å². The minimum atomic E-state index is -0.155. The lowest BCUT2D eigenvalue weighted by atomic mass is 10.2.